The quantitative estimate of drug-likeness (QED) is 0.645. The van der Waals surface area contributed by atoms with Crippen LogP contribution in [0, 0.1) is 0 Å². The summed E-state index contributed by atoms with van der Waals surface area (Å²) in [5.74, 6) is -1.09. The zero-order chi connectivity index (χ0) is 20.9. The van der Waals surface area contributed by atoms with E-state index < -0.39 is 28.5 Å². The van der Waals surface area contributed by atoms with E-state index in [2.05, 4.69) is 5.32 Å². The third-order valence-corrected chi connectivity index (χ3v) is 8.02. The van der Waals surface area contributed by atoms with Crippen molar-refractivity contribution in [1.29, 1.82) is 0 Å². The number of nitrogens with one attached hydrogen (secondary N) is 1. The summed E-state index contributed by atoms with van der Waals surface area (Å²) in [6, 6.07) is 9.74. The van der Waals surface area contributed by atoms with Crippen LogP contribution in [0.25, 0.3) is 0 Å². The van der Waals surface area contributed by atoms with Gasteiger partial charge in [-0.05, 0) is 43.2 Å². The molecule has 1 aliphatic rings. The van der Waals surface area contributed by atoms with Crippen LogP contribution in [0.1, 0.15) is 24.1 Å². The van der Waals surface area contributed by atoms with E-state index in [1.54, 1.807) is 30.3 Å². The van der Waals surface area contributed by atoms with Gasteiger partial charge in [-0.1, -0.05) is 24.1 Å². The Labute approximate surface area is 178 Å². The van der Waals surface area contributed by atoms with E-state index in [4.69, 9.17) is 16.3 Å². The number of hydrogen-bond acceptors (Lipinski definition) is 6. The minimum absolute atomic E-state index is 0.0926. The number of benzene rings is 1. The third-order valence-electron chi connectivity index (χ3n) is 4.34. The number of piperidine rings is 1. The highest BCUT2D eigenvalue weighted by molar-refractivity contribution is 7.91. The first-order chi connectivity index (χ1) is 13.8. The molecule has 0 bridgehead atoms. The van der Waals surface area contributed by atoms with E-state index in [1.807, 2.05) is 0 Å². The minimum Gasteiger partial charge on any atom is -0.455 e. The summed E-state index contributed by atoms with van der Waals surface area (Å²) in [5.41, 5.74) is 0.504. The maximum Gasteiger partial charge on any atom is 0.311 e. The Kier molecular flexibility index (Phi) is 7.28. The van der Waals surface area contributed by atoms with Crippen molar-refractivity contribution in [3.05, 3.63) is 46.3 Å². The van der Waals surface area contributed by atoms with E-state index in [0.717, 1.165) is 30.6 Å². The molecule has 29 heavy (non-hydrogen) atoms. The van der Waals surface area contributed by atoms with Crippen LogP contribution in [0.2, 0.25) is 5.02 Å². The van der Waals surface area contributed by atoms with Gasteiger partial charge in [-0.2, -0.15) is 4.31 Å². The fourth-order valence-electron chi connectivity index (χ4n) is 2.93. The van der Waals surface area contributed by atoms with Crippen LogP contribution in [0.15, 0.2) is 40.6 Å². The van der Waals surface area contributed by atoms with Gasteiger partial charge in [0.1, 0.15) is 4.21 Å². The molecule has 1 aromatic carbocycles. The lowest BCUT2D eigenvalue weighted by atomic mass is 10.2. The Morgan fingerprint density at radius 3 is 2.62 bits per heavy atom. The highest BCUT2D eigenvalue weighted by Gasteiger charge is 2.27. The highest BCUT2D eigenvalue weighted by atomic mass is 35.5. The fraction of sp³-hybridized carbons (Fsp3) is 0.368. The number of amides is 1. The maximum absolute atomic E-state index is 12.7. The zero-order valence-corrected chi connectivity index (χ0v) is 18.0. The van der Waals surface area contributed by atoms with Crippen molar-refractivity contribution in [3.8, 4) is 0 Å². The largest absolute Gasteiger partial charge is 0.455 e. The van der Waals surface area contributed by atoms with Crippen LogP contribution in [0.5, 0.6) is 0 Å². The SMILES string of the molecule is O=C(COC(=O)Cc1ccc(S(=O)(=O)N2CCCCC2)s1)Nc1cccc(Cl)c1. The Balaban J connectivity index is 1.50. The number of carbonyl (C=O) groups is 2. The maximum atomic E-state index is 12.7. The summed E-state index contributed by atoms with van der Waals surface area (Å²) in [4.78, 5) is 24.5. The van der Waals surface area contributed by atoms with E-state index >= 15 is 0 Å². The molecule has 2 heterocycles. The van der Waals surface area contributed by atoms with Crippen molar-refractivity contribution in [2.75, 3.05) is 25.0 Å². The smallest absolute Gasteiger partial charge is 0.311 e. The lowest BCUT2D eigenvalue weighted by Gasteiger charge is -2.25. The molecular weight excluding hydrogens is 436 g/mol. The van der Waals surface area contributed by atoms with Gasteiger partial charge in [0.2, 0.25) is 0 Å². The molecule has 0 unspecified atom stereocenters. The second kappa shape index (κ2) is 9.71. The van der Waals surface area contributed by atoms with Gasteiger partial charge in [0.15, 0.2) is 6.61 Å². The number of rotatable bonds is 7. The zero-order valence-electron chi connectivity index (χ0n) is 15.6. The van der Waals surface area contributed by atoms with Crippen molar-refractivity contribution in [3.63, 3.8) is 0 Å². The van der Waals surface area contributed by atoms with Crippen LogP contribution in [-0.4, -0.2) is 44.3 Å². The van der Waals surface area contributed by atoms with Gasteiger partial charge in [0, 0.05) is 28.7 Å². The van der Waals surface area contributed by atoms with Crippen LogP contribution in [-0.2, 0) is 30.8 Å². The van der Waals surface area contributed by atoms with Crippen molar-refractivity contribution in [2.24, 2.45) is 0 Å². The van der Waals surface area contributed by atoms with Crippen LogP contribution in [0.4, 0.5) is 5.69 Å². The second-order valence-electron chi connectivity index (χ2n) is 6.58. The van der Waals surface area contributed by atoms with E-state index in [1.165, 1.54) is 10.4 Å². The number of ether oxygens (including phenoxy) is 1. The molecule has 0 spiro atoms. The van der Waals surface area contributed by atoms with E-state index in [-0.39, 0.29) is 10.6 Å². The molecular formula is C19H21ClN2O5S2. The molecule has 0 atom stereocenters. The standard InChI is InChI=1S/C19H21ClN2O5S2/c20-14-5-4-6-15(11-14)21-17(23)13-27-18(24)12-16-7-8-19(28-16)29(25,26)22-9-2-1-3-10-22/h4-8,11H,1-3,9-10,12-13H2,(H,21,23). The van der Waals surface area contributed by atoms with Gasteiger partial charge >= 0.3 is 5.97 Å². The molecule has 1 aliphatic heterocycles. The molecule has 0 saturated carbocycles. The van der Waals surface area contributed by atoms with E-state index in [9.17, 15) is 18.0 Å². The van der Waals surface area contributed by atoms with Crippen LogP contribution >= 0.6 is 22.9 Å². The molecule has 1 amide bonds. The molecule has 1 fully saturated rings. The molecule has 10 heteroatoms. The minimum atomic E-state index is -3.52. The van der Waals surface area contributed by atoms with Crippen molar-refractivity contribution in [2.45, 2.75) is 29.9 Å². The Morgan fingerprint density at radius 2 is 1.90 bits per heavy atom. The lowest BCUT2D eigenvalue weighted by Crippen LogP contribution is -2.35. The first kappa shape index (κ1) is 21.8. The van der Waals surface area contributed by atoms with Crippen molar-refractivity contribution >= 4 is 50.5 Å². The molecule has 7 nitrogen and oxygen atoms in total. The average molecular weight is 457 g/mol. The second-order valence-corrected chi connectivity index (χ2v) is 10.4. The normalized spacial score (nSPS) is 15.1. The molecule has 3 rings (SSSR count). The van der Waals surface area contributed by atoms with Gasteiger partial charge in [0.05, 0.1) is 6.42 Å². The molecule has 1 N–H and O–H groups in total. The summed E-state index contributed by atoms with van der Waals surface area (Å²) in [6.45, 7) is 0.619. The predicted molar refractivity (Wildman–Crippen MR) is 112 cm³/mol. The monoisotopic (exact) mass is 456 g/mol. The number of sulfonamides is 1. The summed E-state index contributed by atoms with van der Waals surface area (Å²) >= 11 is 6.90. The lowest BCUT2D eigenvalue weighted by molar-refractivity contribution is -0.146. The Bertz CT molecular complexity index is 984. The van der Waals surface area contributed by atoms with Crippen LogP contribution < -0.4 is 5.32 Å². The number of anilines is 1. The number of halogens is 1. The van der Waals surface area contributed by atoms with Crippen molar-refractivity contribution < 1.29 is 22.7 Å². The molecule has 156 valence electrons. The third kappa shape index (κ3) is 6.02. The number of hydrogen-bond donors (Lipinski definition) is 1. The molecule has 1 aromatic heterocycles. The Morgan fingerprint density at radius 1 is 1.14 bits per heavy atom. The van der Waals surface area contributed by atoms with Gasteiger partial charge in [-0.3, -0.25) is 9.59 Å². The van der Waals surface area contributed by atoms with Gasteiger partial charge in [0.25, 0.3) is 15.9 Å². The Hall–Kier alpha value is -1.94. The molecule has 0 radical (unpaired) electrons. The molecule has 1 saturated heterocycles. The highest BCUT2D eigenvalue weighted by Crippen LogP contribution is 2.27. The number of thiophene rings is 1. The molecule has 2 aromatic rings. The average Bonchev–Trinajstić information content (AvgIpc) is 3.16. The van der Waals surface area contributed by atoms with E-state index in [0.29, 0.717) is 28.7 Å². The van der Waals surface area contributed by atoms with Gasteiger partial charge in [-0.25, -0.2) is 8.42 Å². The van der Waals surface area contributed by atoms with Gasteiger partial charge in [-0.15, -0.1) is 11.3 Å². The summed E-state index contributed by atoms with van der Waals surface area (Å²) in [5, 5.41) is 3.06. The summed E-state index contributed by atoms with van der Waals surface area (Å²) in [6.07, 6.45) is 2.67. The summed E-state index contributed by atoms with van der Waals surface area (Å²) < 4.78 is 32.0. The van der Waals surface area contributed by atoms with Gasteiger partial charge < -0.3 is 10.1 Å². The first-order valence-electron chi connectivity index (χ1n) is 9.14. The number of nitrogens with zero attached hydrogens (tertiary/aromatic N) is 1. The van der Waals surface area contributed by atoms with Crippen LogP contribution in [0.3, 0.4) is 0 Å². The fourth-order valence-corrected chi connectivity index (χ4v) is 6.13. The number of carbonyl (C=O) groups excluding carboxylic acids is 2. The topological polar surface area (TPSA) is 92.8 Å². The number of esters is 1. The first-order valence-corrected chi connectivity index (χ1v) is 11.8. The predicted octanol–water partition coefficient (Wildman–Crippen LogP) is 3.30. The van der Waals surface area contributed by atoms with Crippen molar-refractivity contribution in [1.82, 2.24) is 4.31 Å². The molecule has 0 aliphatic carbocycles. The summed E-state index contributed by atoms with van der Waals surface area (Å²) in [7, 11) is -3.52.